The second kappa shape index (κ2) is 5.69. The van der Waals surface area contributed by atoms with Crippen LogP contribution in [0.1, 0.15) is 40.5 Å². The van der Waals surface area contributed by atoms with E-state index in [-0.39, 0.29) is 24.2 Å². The molecule has 0 saturated heterocycles. The summed E-state index contributed by atoms with van der Waals surface area (Å²) in [5.41, 5.74) is -0.647. The van der Waals surface area contributed by atoms with Gasteiger partial charge in [-0.2, -0.15) is 0 Å². The lowest BCUT2D eigenvalue weighted by Gasteiger charge is -2.29. The van der Waals surface area contributed by atoms with Crippen LogP contribution in [0.3, 0.4) is 0 Å². The molecule has 3 N–H and O–H groups in total. The van der Waals surface area contributed by atoms with Gasteiger partial charge in [-0.3, -0.25) is 9.59 Å². The molecule has 0 aromatic heterocycles. The first-order valence-electron chi connectivity index (χ1n) is 6.51. The van der Waals surface area contributed by atoms with Crippen molar-refractivity contribution < 1.29 is 14.7 Å². The Morgan fingerprint density at radius 2 is 2.00 bits per heavy atom. The van der Waals surface area contributed by atoms with E-state index in [4.69, 9.17) is 0 Å². The van der Waals surface area contributed by atoms with Crippen LogP contribution in [0.2, 0.25) is 0 Å². The Hall–Kier alpha value is -1.10. The first-order valence-corrected chi connectivity index (χ1v) is 6.51. The smallest absolute Gasteiger partial charge is 0.223 e. The molecule has 104 valence electrons. The van der Waals surface area contributed by atoms with Crippen LogP contribution < -0.4 is 10.6 Å². The van der Waals surface area contributed by atoms with Gasteiger partial charge in [-0.05, 0) is 33.1 Å². The fraction of sp³-hybridized carbons (Fsp3) is 0.846. The van der Waals surface area contributed by atoms with Gasteiger partial charge in [-0.1, -0.05) is 6.92 Å². The van der Waals surface area contributed by atoms with Gasteiger partial charge in [0.05, 0.1) is 11.6 Å². The molecule has 0 heterocycles. The van der Waals surface area contributed by atoms with Gasteiger partial charge >= 0.3 is 0 Å². The third-order valence-electron chi connectivity index (χ3n) is 3.60. The number of rotatable bonds is 6. The molecule has 0 aliphatic heterocycles. The Balaban J connectivity index is 2.19. The van der Waals surface area contributed by atoms with Crippen molar-refractivity contribution in [2.24, 2.45) is 11.8 Å². The topological polar surface area (TPSA) is 78.4 Å². The van der Waals surface area contributed by atoms with Crippen LogP contribution in [-0.2, 0) is 9.59 Å². The van der Waals surface area contributed by atoms with Gasteiger partial charge in [0.15, 0.2) is 0 Å². The van der Waals surface area contributed by atoms with Gasteiger partial charge in [0.25, 0.3) is 0 Å². The first kappa shape index (κ1) is 15.0. The van der Waals surface area contributed by atoms with Crippen molar-refractivity contribution >= 4 is 11.8 Å². The van der Waals surface area contributed by atoms with Crippen molar-refractivity contribution in [2.75, 3.05) is 6.54 Å². The van der Waals surface area contributed by atoms with Crippen LogP contribution in [0.5, 0.6) is 0 Å². The van der Waals surface area contributed by atoms with Crippen molar-refractivity contribution in [2.45, 2.75) is 52.2 Å². The highest BCUT2D eigenvalue weighted by Gasteiger charge is 2.38. The molecule has 0 aromatic rings. The summed E-state index contributed by atoms with van der Waals surface area (Å²) in [6.45, 7) is 7.56. The fourth-order valence-corrected chi connectivity index (χ4v) is 1.64. The molecule has 18 heavy (non-hydrogen) atoms. The predicted molar refractivity (Wildman–Crippen MR) is 68.8 cm³/mol. The Labute approximate surface area is 108 Å². The van der Waals surface area contributed by atoms with E-state index < -0.39 is 11.6 Å². The Morgan fingerprint density at radius 3 is 2.44 bits per heavy atom. The van der Waals surface area contributed by atoms with Gasteiger partial charge in [0.1, 0.15) is 0 Å². The monoisotopic (exact) mass is 256 g/mol. The highest BCUT2D eigenvalue weighted by molar-refractivity contribution is 5.82. The molecule has 3 atom stereocenters. The molecule has 5 heteroatoms. The standard InChI is InChI=1S/C13H24N2O3/c1-8-7-10(8)12(18)14-6-5-11(17)15-13(3,4)9(2)16/h8-10,16H,5-7H2,1-4H3,(H,14,18)(H,15,17). The minimum Gasteiger partial charge on any atom is -0.391 e. The van der Waals surface area contributed by atoms with E-state index in [0.29, 0.717) is 12.5 Å². The largest absolute Gasteiger partial charge is 0.391 e. The average molecular weight is 256 g/mol. The molecule has 3 unspecified atom stereocenters. The predicted octanol–water partition coefficient (Wildman–Crippen LogP) is 0.424. The Morgan fingerprint density at radius 1 is 1.44 bits per heavy atom. The van der Waals surface area contributed by atoms with Gasteiger partial charge in [0.2, 0.25) is 11.8 Å². The van der Waals surface area contributed by atoms with Crippen LogP contribution in [0, 0.1) is 11.8 Å². The number of hydrogen-bond donors (Lipinski definition) is 3. The van der Waals surface area contributed by atoms with Crippen molar-refractivity contribution in [3.05, 3.63) is 0 Å². The molecular formula is C13H24N2O3. The van der Waals surface area contributed by atoms with E-state index in [1.54, 1.807) is 20.8 Å². The number of aliphatic hydroxyl groups excluding tert-OH is 1. The molecule has 0 bridgehead atoms. The summed E-state index contributed by atoms with van der Waals surface area (Å²) in [7, 11) is 0. The molecule has 5 nitrogen and oxygen atoms in total. The van der Waals surface area contributed by atoms with Gasteiger partial charge in [-0.15, -0.1) is 0 Å². The second-order valence-corrected chi connectivity index (χ2v) is 5.81. The Bertz CT molecular complexity index is 326. The number of aliphatic hydroxyl groups is 1. The normalized spacial score (nSPS) is 24.3. The SMILES string of the molecule is CC1CC1C(=O)NCCC(=O)NC(C)(C)C(C)O. The minimum absolute atomic E-state index is 0.0464. The second-order valence-electron chi connectivity index (χ2n) is 5.81. The first-order chi connectivity index (χ1) is 8.24. The molecule has 1 rings (SSSR count). The molecule has 1 fully saturated rings. The maximum Gasteiger partial charge on any atom is 0.223 e. The van der Waals surface area contributed by atoms with Crippen LogP contribution in [0.4, 0.5) is 0 Å². The molecule has 0 radical (unpaired) electrons. The summed E-state index contributed by atoms with van der Waals surface area (Å²) >= 11 is 0. The van der Waals surface area contributed by atoms with E-state index in [1.807, 2.05) is 6.92 Å². The maximum absolute atomic E-state index is 11.6. The average Bonchev–Trinajstić information content (AvgIpc) is 2.94. The highest BCUT2D eigenvalue weighted by atomic mass is 16.3. The zero-order chi connectivity index (χ0) is 13.9. The van der Waals surface area contributed by atoms with Crippen LogP contribution >= 0.6 is 0 Å². The molecule has 1 aliphatic rings. The van der Waals surface area contributed by atoms with Crippen LogP contribution in [0.15, 0.2) is 0 Å². The molecule has 0 spiro atoms. The van der Waals surface area contributed by atoms with E-state index in [2.05, 4.69) is 10.6 Å². The van der Waals surface area contributed by atoms with Crippen molar-refractivity contribution in [3.63, 3.8) is 0 Å². The highest BCUT2D eigenvalue weighted by Crippen LogP contribution is 2.37. The zero-order valence-electron chi connectivity index (χ0n) is 11.6. The maximum atomic E-state index is 11.6. The minimum atomic E-state index is -0.647. The van der Waals surface area contributed by atoms with Crippen molar-refractivity contribution in [3.8, 4) is 0 Å². The fourth-order valence-electron chi connectivity index (χ4n) is 1.64. The van der Waals surface area contributed by atoms with Crippen molar-refractivity contribution in [1.82, 2.24) is 10.6 Å². The third kappa shape index (κ3) is 4.29. The summed E-state index contributed by atoms with van der Waals surface area (Å²) in [5.74, 6) is 0.505. The van der Waals surface area contributed by atoms with Gasteiger partial charge < -0.3 is 15.7 Å². The molecular weight excluding hydrogens is 232 g/mol. The zero-order valence-corrected chi connectivity index (χ0v) is 11.6. The summed E-state index contributed by atoms with van der Waals surface area (Å²) in [4.78, 5) is 23.1. The number of hydrogen-bond acceptors (Lipinski definition) is 3. The van der Waals surface area contributed by atoms with E-state index in [1.165, 1.54) is 0 Å². The number of carbonyl (C=O) groups excluding carboxylic acids is 2. The number of carbonyl (C=O) groups is 2. The van der Waals surface area contributed by atoms with Gasteiger partial charge in [-0.25, -0.2) is 0 Å². The van der Waals surface area contributed by atoms with Crippen LogP contribution in [0.25, 0.3) is 0 Å². The van der Waals surface area contributed by atoms with Crippen LogP contribution in [-0.4, -0.2) is 35.1 Å². The summed E-state index contributed by atoms with van der Waals surface area (Å²) < 4.78 is 0. The lowest BCUT2D eigenvalue weighted by atomic mass is 9.98. The summed E-state index contributed by atoms with van der Waals surface area (Å²) in [6.07, 6.45) is 0.569. The number of nitrogens with one attached hydrogen (secondary N) is 2. The lowest BCUT2D eigenvalue weighted by Crippen LogP contribution is -2.51. The molecule has 1 saturated carbocycles. The molecule has 2 amide bonds. The third-order valence-corrected chi connectivity index (χ3v) is 3.60. The van der Waals surface area contributed by atoms with Crippen molar-refractivity contribution in [1.29, 1.82) is 0 Å². The van der Waals surface area contributed by atoms with E-state index in [9.17, 15) is 14.7 Å². The summed E-state index contributed by atoms with van der Waals surface area (Å²) in [5, 5.41) is 15.0. The summed E-state index contributed by atoms with van der Waals surface area (Å²) in [6, 6.07) is 0. The van der Waals surface area contributed by atoms with E-state index in [0.717, 1.165) is 6.42 Å². The molecule has 0 aromatic carbocycles. The van der Waals surface area contributed by atoms with E-state index >= 15 is 0 Å². The number of amides is 2. The quantitative estimate of drug-likeness (QED) is 0.644. The van der Waals surface area contributed by atoms with Gasteiger partial charge in [0, 0.05) is 18.9 Å². The molecule has 1 aliphatic carbocycles. The Kier molecular flexibility index (Phi) is 4.73. The lowest BCUT2D eigenvalue weighted by molar-refractivity contribution is -0.124.